The lowest BCUT2D eigenvalue weighted by atomic mass is 9.96. The number of benzene rings is 2. The van der Waals surface area contributed by atoms with Crippen molar-refractivity contribution in [2.45, 2.75) is 57.9 Å². The van der Waals surface area contributed by atoms with Gasteiger partial charge in [-0.25, -0.2) is 9.97 Å². The highest BCUT2D eigenvalue weighted by Gasteiger charge is 2.36. The van der Waals surface area contributed by atoms with Crippen LogP contribution >= 0.6 is 0 Å². The van der Waals surface area contributed by atoms with Crippen molar-refractivity contribution in [1.29, 1.82) is 0 Å². The molecule has 3 heterocycles. The highest BCUT2D eigenvalue weighted by Crippen LogP contribution is 2.39. The molecular formula is C28H34F3N5O3. The quantitative estimate of drug-likeness (QED) is 0.370. The van der Waals surface area contributed by atoms with Gasteiger partial charge in [-0.3, -0.25) is 4.90 Å². The van der Waals surface area contributed by atoms with Crippen LogP contribution in [0.5, 0.6) is 11.5 Å². The number of nitrogens with one attached hydrogen (secondary N) is 1. The summed E-state index contributed by atoms with van der Waals surface area (Å²) < 4.78 is 58.2. The van der Waals surface area contributed by atoms with Gasteiger partial charge in [0, 0.05) is 23.2 Å². The highest BCUT2D eigenvalue weighted by atomic mass is 19.4. The predicted octanol–water partition coefficient (Wildman–Crippen LogP) is 5.27. The number of halogens is 3. The van der Waals surface area contributed by atoms with Crippen LogP contribution in [0.3, 0.4) is 0 Å². The summed E-state index contributed by atoms with van der Waals surface area (Å²) in [6, 6.07) is 6.39. The van der Waals surface area contributed by atoms with Gasteiger partial charge in [0.1, 0.15) is 18.2 Å². The smallest absolute Gasteiger partial charge is 0.416 e. The molecule has 39 heavy (non-hydrogen) atoms. The van der Waals surface area contributed by atoms with Gasteiger partial charge in [-0.2, -0.15) is 13.2 Å². The number of rotatable bonds is 8. The van der Waals surface area contributed by atoms with E-state index >= 15 is 0 Å². The number of anilines is 2. The van der Waals surface area contributed by atoms with Gasteiger partial charge in [-0.15, -0.1) is 0 Å². The summed E-state index contributed by atoms with van der Waals surface area (Å²) in [5.74, 6) is 2.11. The number of nitrogens with zero attached hydrogens (tertiary/aromatic N) is 3. The molecule has 2 saturated heterocycles. The highest BCUT2D eigenvalue weighted by molar-refractivity contribution is 5.92. The fourth-order valence-corrected chi connectivity index (χ4v) is 5.54. The van der Waals surface area contributed by atoms with Gasteiger partial charge in [0.15, 0.2) is 11.5 Å². The molecule has 0 saturated carbocycles. The molecule has 2 aromatic carbocycles. The third-order valence-electron chi connectivity index (χ3n) is 7.63. The summed E-state index contributed by atoms with van der Waals surface area (Å²) in [6.45, 7) is 8.07. The van der Waals surface area contributed by atoms with Gasteiger partial charge in [-0.05, 0) is 69.5 Å². The van der Waals surface area contributed by atoms with Gasteiger partial charge in [0.2, 0.25) is 0 Å². The number of fused-ring (bicyclic) bond motifs is 1. The molecule has 5 rings (SSSR count). The molecule has 3 N–H and O–H groups in total. The molecule has 2 fully saturated rings. The molecule has 1 aromatic heterocycles. The van der Waals surface area contributed by atoms with Crippen LogP contribution in [0, 0.1) is 13.8 Å². The Balaban J connectivity index is 1.45. The number of hydrogen-bond donors (Lipinski definition) is 2. The number of aryl methyl sites for hydroxylation is 1. The Morgan fingerprint density at radius 2 is 1.92 bits per heavy atom. The van der Waals surface area contributed by atoms with E-state index in [9.17, 15) is 13.2 Å². The van der Waals surface area contributed by atoms with Crippen LogP contribution in [0.15, 0.2) is 24.3 Å². The molecule has 0 spiro atoms. The maximum Gasteiger partial charge on any atom is 0.416 e. The zero-order valence-corrected chi connectivity index (χ0v) is 22.6. The topological polar surface area (TPSA) is 94.8 Å². The van der Waals surface area contributed by atoms with E-state index in [1.165, 1.54) is 6.92 Å². The van der Waals surface area contributed by atoms with Crippen LogP contribution in [0.2, 0.25) is 0 Å². The monoisotopic (exact) mass is 545 g/mol. The lowest BCUT2D eigenvalue weighted by molar-refractivity contribution is -0.138. The van der Waals surface area contributed by atoms with Crippen molar-refractivity contribution in [3.63, 3.8) is 0 Å². The molecule has 3 aromatic rings. The number of likely N-dealkylation sites (tertiary alicyclic amines) is 1. The van der Waals surface area contributed by atoms with Crippen LogP contribution in [0.1, 0.15) is 48.3 Å². The van der Waals surface area contributed by atoms with Crippen LogP contribution in [0.4, 0.5) is 24.7 Å². The molecule has 11 heteroatoms. The number of nitrogens with two attached hydrogens (primary N) is 1. The second kappa shape index (κ2) is 10.7. The van der Waals surface area contributed by atoms with Crippen molar-refractivity contribution in [2.24, 2.45) is 0 Å². The van der Waals surface area contributed by atoms with Crippen molar-refractivity contribution in [3.8, 4) is 11.5 Å². The second-order valence-corrected chi connectivity index (χ2v) is 10.3. The van der Waals surface area contributed by atoms with Crippen molar-refractivity contribution >= 4 is 22.4 Å². The van der Waals surface area contributed by atoms with Crippen molar-refractivity contribution in [2.75, 3.05) is 44.5 Å². The average Bonchev–Trinajstić information content (AvgIpc) is 3.29. The summed E-state index contributed by atoms with van der Waals surface area (Å²) in [7, 11) is 1.58. The number of methoxy groups -OCH3 is 1. The lowest BCUT2D eigenvalue weighted by Gasteiger charge is -2.38. The summed E-state index contributed by atoms with van der Waals surface area (Å²) in [5, 5.41) is 3.97. The molecule has 8 nitrogen and oxygen atoms in total. The Bertz CT molecular complexity index is 1360. The Morgan fingerprint density at radius 3 is 2.59 bits per heavy atom. The average molecular weight is 546 g/mol. The molecule has 210 valence electrons. The number of ether oxygens (including phenoxy) is 3. The first-order valence-electron chi connectivity index (χ1n) is 13.1. The van der Waals surface area contributed by atoms with E-state index in [0.29, 0.717) is 58.3 Å². The van der Waals surface area contributed by atoms with Gasteiger partial charge in [-0.1, -0.05) is 0 Å². The van der Waals surface area contributed by atoms with Crippen LogP contribution in [-0.2, 0) is 10.9 Å². The maximum absolute atomic E-state index is 13.6. The van der Waals surface area contributed by atoms with Crippen LogP contribution in [-0.4, -0.2) is 60.4 Å². The Morgan fingerprint density at radius 1 is 1.15 bits per heavy atom. The number of hydrogen-bond acceptors (Lipinski definition) is 8. The fourth-order valence-electron chi connectivity index (χ4n) is 5.54. The standard InChI is InChI=1S/C28H34F3N5O3/c1-15-21(8-18(32)9-23(15)28(29,30)31)16(2)33-27-22-10-26(25(37-4)11-24(22)34-17(3)35-27)39-14-19-6-5-7-36(19)20-12-38-13-20/h8-11,16,19-20H,5-7,12-14,32H2,1-4H3,(H,33,34,35)/t16-,19+/m1/s1. The maximum atomic E-state index is 13.6. The molecule has 2 atom stereocenters. The first kappa shape index (κ1) is 27.3. The van der Waals surface area contributed by atoms with E-state index in [-0.39, 0.29) is 11.3 Å². The van der Waals surface area contributed by atoms with Gasteiger partial charge >= 0.3 is 6.18 Å². The van der Waals surface area contributed by atoms with Gasteiger partial charge in [0.25, 0.3) is 0 Å². The minimum absolute atomic E-state index is 0.0511. The second-order valence-electron chi connectivity index (χ2n) is 10.3. The summed E-state index contributed by atoms with van der Waals surface area (Å²) in [4.78, 5) is 11.6. The molecular weight excluding hydrogens is 511 g/mol. The SMILES string of the molecule is COc1cc2nc(C)nc(N[C@H](C)c3cc(N)cc(C(F)(F)F)c3C)c2cc1OC[C@@H]1CCCN1C1COC1. The zero-order valence-electron chi connectivity index (χ0n) is 22.6. The number of nitrogen functional groups attached to an aromatic ring is 1. The summed E-state index contributed by atoms with van der Waals surface area (Å²) in [5.41, 5.74) is 6.36. The van der Waals surface area contributed by atoms with Crippen molar-refractivity contribution in [3.05, 3.63) is 46.8 Å². The van der Waals surface area contributed by atoms with Gasteiger partial charge in [0.05, 0.1) is 43.5 Å². The van der Waals surface area contributed by atoms with E-state index in [2.05, 4.69) is 20.2 Å². The van der Waals surface area contributed by atoms with Crippen molar-refractivity contribution < 1.29 is 27.4 Å². The van der Waals surface area contributed by atoms with Gasteiger partial charge < -0.3 is 25.3 Å². The summed E-state index contributed by atoms with van der Waals surface area (Å²) >= 11 is 0. The Labute approximate surface area is 225 Å². The third kappa shape index (κ3) is 5.56. The van der Waals surface area contributed by atoms with E-state index in [1.807, 2.05) is 6.07 Å². The van der Waals surface area contributed by atoms with E-state index < -0.39 is 17.8 Å². The molecule has 0 unspecified atom stereocenters. The first-order chi connectivity index (χ1) is 18.5. The van der Waals surface area contributed by atoms with Crippen molar-refractivity contribution in [1.82, 2.24) is 14.9 Å². The largest absolute Gasteiger partial charge is 0.493 e. The van der Waals surface area contributed by atoms with Crippen LogP contribution in [0.25, 0.3) is 10.9 Å². The summed E-state index contributed by atoms with van der Waals surface area (Å²) in [6.07, 6.45) is -2.33. The molecule has 2 aliphatic rings. The minimum Gasteiger partial charge on any atom is -0.493 e. The van der Waals surface area contributed by atoms with Crippen LogP contribution < -0.4 is 20.5 Å². The Hall–Kier alpha value is -3.31. The molecule has 0 amide bonds. The Kier molecular flexibility index (Phi) is 7.47. The first-order valence-corrected chi connectivity index (χ1v) is 13.1. The lowest BCUT2D eigenvalue weighted by Crippen LogP contribution is -2.52. The molecule has 0 aliphatic carbocycles. The normalized spacial score (nSPS) is 19.2. The predicted molar refractivity (Wildman–Crippen MR) is 143 cm³/mol. The minimum atomic E-state index is -4.50. The number of aromatic nitrogens is 2. The fraction of sp³-hybridized carbons (Fsp3) is 0.500. The van der Waals surface area contributed by atoms with E-state index in [4.69, 9.17) is 19.9 Å². The van der Waals surface area contributed by atoms with E-state index in [1.54, 1.807) is 33.1 Å². The molecule has 0 bridgehead atoms. The number of alkyl halides is 3. The zero-order chi connectivity index (χ0) is 27.9. The third-order valence-corrected chi connectivity index (χ3v) is 7.63. The molecule has 0 radical (unpaired) electrons. The molecule has 2 aliphatic heterocycles. The van der Waals surface area contributed by atoms with E-state index in [0.717, 1.165) is 38.7 Å².